The molecule has 2 fully saturated rings. The van der Waals surface area contributed by atoms with E-state index in [4.69, 9.17) is 4.74 Å². The maximum absolute atomic E-state index is 14.1. The highest BCUT2D eigenvalue weighted by Gasteiger charge is 2.44. The zero-order valence-electron chi connectivity index (χ0n) is 19.2. The summed E-state index contributed by atoms with van der Waals surface area (Å²) in [6, 6.07) is 1.56. The number of carbonyl (C=O) groups excluding carboxylic acids is 2. The molecule has 0 saturated carbocycles. The van der Waals surface area contributed by atoms with E-state index < -0.39 is 12.4 Å². The van der Waals surface area contributed by atoms with Gasteiger partial charge in [-0.15, -0.1) is 11.3 Å². The number of rotatable bonds is 6. The van der Waals surface area contributed by atoms with Crippen LogP contribution < -0.4 is 5.32 Å². The van der Waals surface area contributed by atoms with Gasteiger partial charge < -0.3 is 15.0 Å². The first-order valence-corrected chi connectivity index (χ1v) is 12.0. The quantitative estimate of drug-likeness (QED) is 0.568. The van der Waals surface area contributed by atoms with Crippen LogP contribution in [0, 0.1) is 0 Å². The standard InChI is InChI=1S/C23H28F2N4O3S/c1-5-32-22(31)20-27-17(21(30)29-12-6-7-13(29)9-8-12)18(33-20)15-11-26-16(28-23(2,3)4)10-14(15)19(24)25/h10-13,19H,5-9H2,1-4H3,(H,26,28). The van der Waals surface area contributed by atoms with E-state index in [9.17, 15) is 18.4 Å². The Morgan fingerprint density at radius 3 is 2.42 bits per heavy atom. The summed E-state index contributed by atoms with van der Waals surface area (Å²) in [7, 11) is 0. The van der Waals surface area contributed by atoms with Crippen molar-refractivity contribution in [3.63, 3.8) is 0 Å². The van der Waals surface area contributed by atoms with Gasteiger partial charge in [-0.05, 0) is 59.4 Å². The van der Waals surface area contributed by atoms with Gasteiger partial charge in [0.2, 0.25) is 5.01 Å². The fourth-order valence-electron chi connectivity index (χ4n) is 4.59. The number of thiazole rings is 1. The van der Waals surface area contributed by atoms with Crippen molar-refractivity contribution in [3.8, 4) is 10.4 Å². The SMILES string of the molecule is CCOC(=O)c1nc(C(=O)N2C3CCC2CC3)c(-c2cnc(NC(C)(C)C)cc2C(F)F)s1. The van der Waals surface area contributed by atoms with Gasteiger partial charge in [-0.25, -0.2) is 23.5 Å². The molecular weight excluding hydrogens is 450 g/mol. The topological polar surface area (TPSA) is 84.4 Å². The second kappa shape index (κ2) is 8.96. The smallest absolute Gasteiger partial charge is 0.367 e. The molecule has 0 atom stereocenters. The largest absolute Gasteiger partial charge is 0.461 e. The van der Waals surface area contributed by atoms with Gasteiger partial charge in [0.25, 0.3) is 12.3 Å². The number of aromatic nitrogens is 2. The lowest BCUT2D eigenvalue weighted by Crippen LogP contribution is -2.35. The molecule has 0 radical (unpaired) electrons. The van der Waals surface area contributed by atoms with Crippen LogP contribution in [-0.4, -0.2) is 51.0 Å². The van der Waals surface area contributed by atoms with E-state index >= 15 is 0 Å². The van der Waals surface area contributed by atoms with Crippen molar-refractivity contribution in [2.24, 2.45) is 0 Å². The minimum Gasteiger partial charge on any atom is -0.461 e. The Kier molecular flexibility index (Phi) is 6.39. The number of amides is 1. The Labute approximate surface area is 195 Å². The predicted molar refractivity (Wildman–Crippen MR) is 122 cm³/mol. The van der Waals surface area contributed by atoms with E-state index in [0.717, 1.165) is 37.0 Å². The highest BCUT2D eigenvalue weighted by molar-refractivity contribution is 7.17. The van der Waals surface area contributed by atoms with E-state index in [2.05, 4.69) is 15.3 Å². The molecule has 4 heterocycles. The van der Waals surface area contributed by atoms with Crippen LogP contribution in [0.5, 0.6) is 0 Å². The second-order valence-electron chi connectivity index (χ2n) is 9.42. The Morgan fingerprint density at radius 2 is 1.88 bits per heavy atom. The average Bonchev–Trinajstić information content (AvgIpc) is 3.46. The lowest BCUT2D eigenvalue weighted by atomic mass is 10.0. The Hall–Kier alpha value is -2.62. The van der Waals surface area contributed by atoms with Gasteiger partial charge in [0.15, 0.2) is 0 Å². The van der Waals surface area contributed by atoms with Crippen LogP contribution in [0.1, 0.15) is 85.7 Å². The van der Waals surface area contributed by atoms with Gasteiger partial charge >= 0.3 is 5.97 Å². The summed E-state index contributed by atoms with van der Waals surface area (Å²) in [4.78, 5) is 36.6. The predicted octanol–water partition coefficient (Wildman–Crippen LogP) is 5.30. The molecule has 33 heavy (non-hydrogen) atoms. The normalized spacial score (nSPS) is 19.9. The van der Waals surface area contributed by atoms with Gasteiger partial charge in [-0.3, -0.25) is 4.79 Å². The van der Waals surface area contributed by atoms with E-state index in [-0.39, 0.29) is 56.8 Å². The summed E-state index contributed by atoms with van der Waals surface area (Å²) in [5.74, 6) is -0.689. The first kappa shape index (κ1) is 23.5. The fraction of sp³-hybridized carbons (Fsp3) is 0.565. The highest BCUT2D eigenvalue weighted by Crippen LogP contribution is 2.42. The number of hydrogen-bond acceptors (Lipinski definition) is 7. The number of nitrogens with zero attached hydrogens (tertiary/aromatic N) is 3. The zero-order valence-corrected chi connectivity index (χ0v) is 20.0. The third kappa shape index (κ3) is 4.71. The van der Waals surface area contributed by atoms with Crippen molar-refractivity contribution in [2.45, 2.75) is 77.4 Å². The summed E-state index contributed by atoms with van der Waals surface area (Å²) >= 11 is 0.894. The summed E-state index contributed by atoms with van der Waals surface area (Å²) in [5.41, 5.74) is -0.519. The lowest BCUT2D eigenvalue weighted by molar-refractivity contribution is 0.0525. The first-order valence-electron chi connectivity index (χ1n) is 11.2. The average molecular weight is 479 g/mol. The number of carbonyl (C=O) groups is 2. The monoisotopic (exact) mass is 478 g/mol. The van der Waals surface area contributed by atoms with Crippen LogP contribution in [0.4, 0.5) is 14.6 Å². The molecule has 2 aliphatic rings. The van der Waals surface area contributed by atoms with Gasteiger partial charge in [0.05, 0.1) is 11.5 Å². The molecule has 0 unspecified atom stereocenters. The molecule has 178 valence electrons. The van der Waals surface area contributed by atoms with Gasteiger partial charge in [-0.2, -0.15) is 0 Å². The Morgan fingerprint density at radius 1 is 1.24 bits per heavy atom. The van der Waals surface area contributed by atoms with E-state index in [0.29, 0.717) is 5.82 Å². The minimum atomic E-state index is -2.80. The third-order valence-corrected chi connectivity index (χ3v) is 6.95. The number of pyridine rings is 1. The number of anilines is 1. The number of halogens is 2. The molecule has 2 aromatic heterocycles. The zero-order chi connectivity index (χ0) is 23.9. The van der Waals surface area contributed by atoms with Crippen molar-refractivity contribution in [1.29, 1.82) is 0 Å². The molecule has 7 nitrogen and oxygen atoms in total. The van der Waals surface area contributed by atoms with Crippen molar-refractivity contribution in [3.05, 3.63) is 28.5 Å². The first-order chi connectivity index (χ1) is 15.6. The maximum atomic E-state index is 14.1. The molecule has 2 aliphatic heterocycles. The molecule has 2 saturated heterocycles. The van der Waals surface area contributed by atoms with Crippen LogP contribution in [0.25, 0.3) is 10.4 Å². The number of esters is 1. The minimum absolute atomic E-state index is 0.0158. The second-order valence-corrected chi connectivity index (χ2v) is 10.4. The number of ether oxygens (including phenoxy) is 1. The molecule has 1 N–H and O–H groups in total. The van der Waals surface area contributed by atoms with Crippen LogP contribution in [0.2, 0.25) is 0 Å². The number of hydrogen-bond donors (Lipinski definition) is 1. The molecular formula is C23H28F2N4O3S. The number of nitrogens with one attached hydrogen (secondary N) is 1. The van der Waals surface area contributed by atoms with Gasteiger partial charge in [0.1, 0.15) is 11.5 Å². The van der Waals surface area contributed by atoms with Crippen molar-refractivity contribution in [2.75, 3.05) is 11.9 Å². The summed E-state index contributed by atoms with van der Waals surface area (Å²) in [6.45, 7) is 7.52. The third-order valence-electron chi connectivity index (χ3n) is 5.89. The Bertz CT molecular complexity index is 1050. The maximum Gasteiger partial charge on any atom is 0.367 e. The molecule has 10 heteroatoms. The number of fused-ring (bicyclic) bond motifs is 2. The Balaban J connectivity index is 1.80. The van der Waals surface area contributed by atoms with Crippen molar-refractivity contribution < 1.29 is 23.1 Å². The van der Waals surface area contributed by atoms with E-state index in [1.54, 1.807) is 6.92 Å². The van der Waals surface area contributed by atoms with E-state index in [1.165, 1.54) is 12.3 Å². The molecule has 0 aliphatic carbocycles. The van der Waals surface area contributed by atoms with Crippen LogP contribution in [0.15, 0.2) is 12.3 Å². The van der Waals surface area contributed by atoms with Crippen LogP contribution in [-0.2, 0) is 4.74 Å². The summed E-state index contributed by atoms with van der Waals surface area (Å²) < 4.78 is 33.3. The van der Waals surface area contributed by atoms with Crippen molar-refractivity contribution in [1.82, 2.24) is 14.9 Å². The van der Waals surface area contributed by atoms with Crippen molar-refractivity contribution >= 4 is 29.0 Å². The van der Waals surface area contributed by atoms with E-state index in [1.807, 2.05) is 25.7 Å². The summed E-state index contributed by atoms with van der Waals surface area (Å²) in [6.07, 6.45) is 2.24. The summed E-state index contributed by atoms with van der Waals surface area (Å²) in [5, 5.41) is 3.06. The molecule has 2 aromatic rings. The van der Waals surface area contributed by atoms with Crippen LogP contribution >= 0.6 is 11.3 Å². The molecule has 1 amide bonds. The highest BCUT2D eigenvalue weighted by atomic mass is 32.1. The van der Waals surface area contributed by atoms with Gasteiger partial charge in [0, 0.05) is 34.9 Å². The molecule has 0 aromatic carbocycles. The van der Waals surface area contributed by atoms with Gasteiger partial charge in [-0.1, -0.05) is 0 Å². The van der Waals surface area contributed by atoms with Crippen LogP contribution in [0.3, 0.4) is 0 Å². The molecule has 2 bridgehead atoms. The fourth-order valence-corrected chi connectivity index (χ4v) is 5.57. The lowest BCUT2D eigenvalue weighted by Gasteiger charge is -2.23. The molecule has 0 spiro atoms. The number of alkyl halides is 2. The molecule has 4 rings (SSSR count).